The Morgan fingerprint density at radius 1 is 1.09 bits per heavy atom. The summed E-state index contributed by atoms with van der Waals surface area (Å²) < 4.78 is 66.6. The molecule has 8 heteroatoms. The Morgan fingerprint density at radius 3 is 2.35 bits per heavy atom. The number of alkyl halides is 3. The van der Waals surface area contributed by atoms with Crippen molar-refractivity contribution in [1.29, 1.82) is 0 Å². The van der Waals surface area contributed by atoms with Crippen molar-refractivity contribution in [3.8, 4) is 0 Å². The number of hydrogen-bond acceptors (Lipinski definition) is 2. The number of aromatic nitrogens is 1. The average Bonchev–Trinajstić information content (AvgIpc) is 2.96. The lowest BCUT2D eigenvalue weighted by Gasteiger charge is -2.33. The second-order valence-electron chi connectivity index (χ2n) is 5.44. The van der Waals surface area contributed by atoms with Crippen molar-refractivity contribution in [2.45, 2.75) is 30.6 Å². The van der Waals surface area contributed by atoms with Crippen LogP contribution in [0.15, 0.2) is 47.5 Å². The molecule has 4 nitrogen and oxygen atoms in total. The monoisotopic (exact) mass is 344 g/mol. The molecule has 1 aromatic carbocycles. The molecule has 23 heavy (non-hydrogen) atoms. The summed E-state index contributed by atoms with van der Waals surface area (Å²) in [4.78, 5) is -0.127. The molecule has 1 atom stereocenters. The highest BCUT2D eigenvalue weighted by atomic mass is 32.2. The largest absolute Gasteiger partial charge is 0.416 e. The predicted molar refractivity (Wildman–Crippen MR) is 78.2 cm³/mol. The molecule has 2 aromatic rings. The molecular formula is C15H15F3N2O2S. The number of halogens is 3. The molecule has 0 spiro atoms. The van der Waals surface area contributed by atoms with Crippen LogP contribution in [-0.2, 0) is 22.7 Å². The van der Waals surface area contributed by atoms with E-state index in [1.807, 2.05) is 22.9 Å². The van der Waals surface area contributed by atoms with E-state index in [9.17, 15) is 21.6 Å². The van der Waals surface area contributed by atoms with E-state index in [0.717, 1.165) is 30.0 Å². The van der Waals surface area contributed by atoms with Gasteiger partial charge in [0.15, 0.2) is 0 Å². The van der Waals surface area contributed by atoms with Crippen LogP contribution in [0.1, 0.15) is 24.2 Å². The Hall–Kier alpha value is -1.80. The summed E-state index contributed by atoms with van der Waals surface area (Å²) in [6.45, 7) is 2.57. The minimum absolute atomic E-state index is 0.127. The van der Waals surface area contributed by atoms with E-state index in [1.165, 1.54) is 4.31 Å². The molecule has 1 aromatic heterocycles. The molecular weight excluding hydrogens is 329 g/mol. The SMILES string of the molecule is C[C@H]1c2cccn2CCN1S(=O)(=O)c1ccc(C(F)(F)F)cc1. The van der Waals surface area contributed by atoms with Crippen LogP contribution >= 0.6 is 0 Å². The highest BCUT2D eigenvalue weighted by molar-refractivity contribution is 7.89. The molecule has 0 saturated heterocycles. The summed E-state index contributed by atoms with van der Waals surface area (Å²) in [5.74, 6) is 0. The van der Waals surface area contributed by atoms with Gasteiger partial charge < -0.3 is 4.57 Å². The molecule has 0 unspecified atom stereocenters. The van der Waals surface area contributed by atoms with Gasteiger partial charge >= 0.3 is 6.18 Å². The third-order valence-electron chi connectivity index (χ3n) is 4.07. The Balaban J connectivity index is 1.93. The molecule has 0 aliphatic carbocycles. The number of rotatable bonds is 2. The molecule has 1 aliphatic rings. The van der Waals surface area contributed by atoms with Gasteiger partial charge in [-0.05, 0) is 43.3 Å². The van der Waals surface area contributed by atoms with E-state index >= 15 is 0 Å². The fourth-order valence-corrected chi connectivity index (χ4v) is 4.43. The first-order chi connectivity index (χ1) is 10.7. The number of fused-ring (bicyclic) bond motifs is 1. The third-order valence-corrected chi connectivity index (χ3v) is 6.06. The molecule has 0 saturated carbocycles. The van der Waals surface area contributed by atoms with E-state index in [1.54, 1.807) is 6.92 Å². The second kappa shape index (κ2) is 5.38. The van der Waals surface area contributed by atoms with Crippen LogP contribution in [0.3, 0.4) is 0 Å². The Bertz CT molecular complexity index is 810. The normalized spacial score (nSPS) is 19.6. The van der Waals surface area contributed by atoms with Gasteiger partial charge in [0.2, 0.25) is 10.0 Å². The van der Waals surface area contributed by atoms with E-state index in [4.69, 9.17) is 0 Å². The third kappa shape index (κ3) is 2.76. The van der Waals surface area contributed by atoms with Crippen molar-refractivity contribution in [3.63, 3.8) is 0 Å². The van der Waals surface area contributed by atoms with Crippen LogP contribution < -0.4 is 0 Å². The van der Waals surface area contributed by atoms with Crippen molar-refractivity contribution in [2.75, 3.05) is 6.54 Å². The van der Waals surface area contributed by atoms with Gasteiger partial charge in [0, 0.05) is 25.0 Å². The fraction of sp³-hybridized carbons (Fsp3) is 0.333. The molecule has 0 bridgehead atoms. The molecule has 3 rings (SSSR count). The lowest BCUT2D eigenvalue weighted by Crippen LogP contribution is -2.40. The van der Waals surface area contributed by atoms with Crippen LogP contribution in [0.25, 0.3) is 0 Å². The maximum absolute atomic E-state index is 12.7. The van der Waals surface area contributed by atoms with Gasteiger partial charge in [0.1, 0.15) is 0 Å². The molecule has 1 aliphatic heterocycles. The molecule has 124 valence electrons. The smallest absolute Gasteiger partial charge is 0.349 e. The number of nitrogens with zero attached hydrogens (tertiary/aromatic N) is 2. The van der Waals surface area contributed by atoms with Crippen molar-refractivity contribution in [1.82, 2.24) is 8.87 Å². The maximum Gasteiger partial charge on any atom is 0.416 e. The summed E-state index contributed by atoms with van der Waals surface area (Å²) in [5, 5.41) is 0. The van der Waals surface area contributed by atoms with E-state index in [0.29, 0.717) is 6.54 Å². The van der Waals surface area contributed by atoms with Gasteiger partial charge in [-0.3, -0.25) is 0 Å². The Morgan fingerprint density at radius 2 is 1.74 bits per heavy atom. The van der Waals surface area contributed by atoms with Gasteiger partial charge in [-0.2, -0.15) is 17.5 Å². The first-order valence-corrected chi connectivity index (χ1v) is 8.49. The predicted octanol–water partition coefficient (Wildman–Crippen LogP) is 3.27. The second-order valence-corrected chi connectivity index (χ2v) is 7.33. The fourth-order valence-electron chi connectivity index (χ4n) is 2.84. The zero-order chi connectivity index (χ0) is 16.8. The number of hydrogen-bond donors (Lipinski definition) is 0. The van der Waals surface area contributed by atoms with Crippen LogP contribution in [0.5, 0.6) is 0 Å². The van der Waals surface area contributed by atoms with Gasteiger partial charge in [-0.15, -0.1) is 0 Å². The van der Waals surface area contributed by atoms with Gasteiger partial charge in [0.25, 0.3) is 0 Å². The van der Waals surface area contributed by atoms with Crippen molar-refractivity contribution >= 4 is 10.0 Å². The lowest BCUT2D eigenvalue weighted by atomic mass is 10.2. The van der Waals surface area contributed by atoms with Crippen molar-refractivity contribution in [3.05, 3.63) is 53.9 Å². The van der Waals surface area contributed by atoms with E-state index in [-0.39, 0.29) is 17.5 Å². The lowest BCUT2D eigenvalue weighted by molar-refractivity contribution is -0.137. The van der Waals surface area contributed by atoms with Gasteiger partial charge in [-0.25, -0.2) is 8.42 Å². The maximum atomic E-state index is 12.7. The van der Waals surface area contributed by atoms with Gasteiger partial charge in [0.05, 0.1) is 16.5 Å². The quantitative estimate of drug-likeness (QED) is 0.839. The standard InChI is InChI=1S/C15H15F3N2O2S/c1-11-14-3-2-8-19(14)9-10-20(11)23(21,22)13-6-4-12(5-7-13)15(16,17)18/h2-8,11H,9-10H2,1H3/t11-/m0/s1. The first-order valence-electron chi connectivity index (χ1n) is 7.05. The summed E-state index contributed by atoms with van der Waals surface area (Å²) in [6.07, 6.45) is -2.60. The Labute approximate surface area is 132 Å². The van der Waals surface area contributed by atoms with Crippen LogP contribution in [0, 0.1) is 0 Å². The van der Waals surface area contributed by atoms with Crippen LogP contribution in [-0.4, -0.2) is 23.8 Å². The highest BCUT2D eigenvalue weighted by Crippen LogP contribution is 2.33. The number of sulfonamides is 1. The van der Waals surface area contributed by atoms with Crippen LogP contribution in [0.2, 0.25) is 0 Å². The van der Waals surface area contributed by atoms with Crippen molar-refractivity contribution < 1.29 is 21.6 Å². The number of benzene rings is 1. The minimum atomic E-state index is -4.48. The zero-order valence-electron chi connectivity index (χ0n) is 12.3. The van der Waals surface area contributed by atoms with Gasteiger partial charge in [-0.1, -0.05) is 0 Å². The van der Waals surface area contributed by atoms with Crippen molar-refractivity contribution in [2.24, 2.45) is 0 Å². The summed E-state index contributed by atoms with van der Waals surface area (Å²) in [5.41, 5.74) is 0.00348. The molecule has 0 radical (unpaired) electrons. The van der Waals surface area contributed by atoms with E-state index < -0.39 is 21.8 Å². The molecule has 2 heterocycles. The minimum Gasteiger partial charge on any atom is -0.349 e. The average molecular weight is 344 g/mol. The van der Waals surface area contributed by atoms with E-state index in [2.05, 4.69) is 0 Å². The van der Waals surface area contributed by atoms with Crippen LogP contribution in [0.4, 0.5) is 13.2 Å². The zero-order valence-corrected chi connectivity index (χ0v) is 13.1. The Kier molecular flexibility index (Phi) is 3.76. The summed E-state index contributed by atoms with van der Waals surface area (Å²) in [7, 11) is -3.84. The molecule has 0 N–H and O–H groups in total. The highest BCUT2D eigenvalue weighted by Gasteiger charge is 2.35. The summed E-state index contributed by atoms with van der Waals surface area (Å²) in [6, 6.07) is 6.94. The summed E-state index contributed by atoms with van der Waals surface area (Å²) >= 11 is 0. The molecule has 0 fully saturated rings. The molecule has 0 amide bonds. The first kappa shape index (κ1) is 16.1. The topological polar surface area (TPSA) is 42.3 Å².